The molecule has 1 aliphatic carbocycles. The van der Waals surface area contributed by atoms with Crippen molar-refractivity contribution >= 4 is 22.4 Å². The van der Waals surface area contributed by atoms with E-state index in [1.807, 2.05) is 43.6 Å². The lowest BCUT2D eigenvalue weighted by Gasteiger charge is -2.34. The number of nitrogens with zero attached hydrogens (tertiary/aromatic N) is 2. The van der Waals surface area contributed by atoms with E-state index in [0.717, 1.165) is 12.0 Å². The minimum absolute atomic E-state index is 0.152. The molecule has 0 unspecified atom stereocenters. The molecule has 0 N–H and O–H groups in total. The van der Waals surface area contributed by atoms with Crippen LogP contribution < -0.4 is 0 Å². The maximum atomic E-state index is 11.2. The van der Waals surface area contributed by atoms with E-state index in [1.165, 1.54) is 35.1 Å². The molecule has 1 aliphatic heterocycles. The van der Waals surface area contributed by atoms with Gasteiger partial charge < -0.3 is 0 Å². The van der Waals surface area contributed by atoms with Crippen LogP contribution in [0, 0.1) is 5.41 Å². The molecule has 0 aromatic carbocycles. The molecule has 5 heteroatoms. The topological polar surface area (TPSA) is 51.6 Å². The zero-order valence-corrected chi connectivity index (χ0v) is 19.0. The second-order valence-electron chi connectivity index (χ2n) is 8.47. The fourth-order valence-corrected chi connectivity index (χ4v) is 4.43. The Hall–Kier alpha value is -2.53. The van der Waals surface area contributed by atoms with Crippen molar-refractivity contribution in [3.8, 4) is 0 Å². The molecule has 2 aliphatic rings. The summed E-state index contributed by atoms with van der Waals surface area (Å²) >= 11 is -1.31. The molecule has 0 amide bonds. The SMILES string of the molecule is CC(/C=C/C1=C(c2cccnc2)CCCC1(C)C)=C\C=C\C(C)=C\C1=NO[S@@](=O)C1. The van der Waals surface area contributed by atoms with Crippen LogP contribution in [0.3, 0.4) is 0 Å². The van der Waals surface area contributed by atoms with Crippen LogP contribution in [0.2, 0.25) is 0 Å². The van der Waals surface area contributed by atoms with E-state index in [1.54, 1.807) is 0 Å². The van der Waals surface area contributed by atoms with Crippen LogP contribution in [0.5, 0.6) is 0 Å². The number of pyridine rings is 1. The molecule has 3 rings (SSSR count). The zero-order valence-electron chi connectivity index (χ0n) is 18.2. The predicted molar refractivity (Wildman–Crippen MR) is 126 cm³/mol. The van der Waals surface area contributed by atoms with Gasteiger partial charge in [0.25, 0.3) is 0 Å². The first kappa shape index (κ1) is 22.2. The number of rotatable bonds is 6. The van der Waals surface area contributed by atoms with E-state index in [2.05, 4.69) is 55.2 Å². The summed E-state index contributed by atoms with van der Waals surface area (Å²) < 4.78 is 15.9. The Morgan fingerprint density at radius 2 is 2.07 bits per heavy atom. The number of hydrogen-bond acceptors (Lipinski definition) is 4. The van der Waals surface area contributed by atoms with Gasteiger partial charge in [-0.25, -0.2) is 4.21 Å². The van der Waals surface area contributed by atoms with Gasteiger partial charge in [0.1, 0.15) is 5.75 Å². The summed E-state index contributed by atoms with van der Waals surface area (Å²) in [6.45, 7) is 8.77. The average molecular weight is 423 g/mol. The van der Waals surface area contributed by atoms with Crippen LogP contribution in [0.4, 0.5) is 0 Å². The maximum absolute atomic E-state index is 11.2. The normalized spacial score (nSPS) is 22.7. The summed E-state index contributed by atoms with van der Waals surface area (Å²) in [6.07, 6.45) is 19.8. The third kappa shape index (κ3) is 5.99. The Bertz CT molecular complexity index is 980. The van der Waals surface area contributed by atoms with Crippen molar-refractivity contribution < 1.29 is 8.49 Å². The van der Waals surface area contributed by atoms with Crippen molar-refractivity contribution in [2.75, 3.05) is 5.75 Å². The largest absolute Gasteiger partial charge is 0.292 e. The van der Waals surface area contributed by atoms with Gasteiger partial charge >= 0.3 is 0 Å². The number of hydrogen-bond donors (Lipinski definition) is 0. The fraction of sp³-hybridized carbons (Fsp3) is 0.360. The monoisotopic (exact) mass is 422 g/mol. The van der Waals surface area contributed by atoms with Crippen molar-refractivity contribution in [1.29, 1.82) is 0 Å². The van der Waals surface area contributed by atoms with Crippen molar-refractivity contribution in [1.82, 2.24) is 4.98 Å². The lowest BCUT2D eigenvalue weighted by atomic mass is 9.71. The molecule has 4 nitrogen and oxygen atoms in total. The Kier molecular flexibility index (Phi) is 7.38. The lowest BCUT2D eigenvalue weighted by molar-refractivity contribution is 0.387. The molecule has 30 heavy (non-hydrogen) atoms. The highest BCUT2D eigenvalue weighted by Crippen LogP contribution is 2.44. The van der Waals surface area contributed by atoms with E-state index < -0.39 is 11.1 Å². The molecular formula is C25H30N2O2S. The first-order valence-corrected chi connectivity index (χ1v) is 11.6. The van der Waals surface area contributed by atoms with Crippen LogP contribution in [0.1, 0.15) is 52.5 Å². The molecule has 1 aromatic rings. The van der Waals surface area contributed by atoms with Crippen molar-refractivity contribution in [3.63, 3.8) is 0 Å². The van der Waals surface area contributed by atoms with Crippen LogP contribution in [0.15, 0.2) is 82.9 Å². The van der Waals surface area contributed by atoms with Crippen molar-refractivity contribution in [2.45, 2.75) is 47.0 Å². The maximum Gasteiger partial charge on any atom is 0.238 e. The highest BCUT2D eigenvalue weighted by molar-refractivity contribution is 7.81. The second-order valence-corrected chi connectivity index (χ2v) is 9.51. The average Bonchev–Trinajstić information content (AvgIpc) is 3.11. The number of allylic oxidation sites excluding steroid dienone is 10. The van der Waals surface area contributed by atoms with Gasteiger partial charge in [-0.15, -0.1) is 0 Å². The summed E-state index contributed by atoms with van der Waals surface area (Å²) in [7, 11) is 0. The quantitative estimate of drug-likeness (QED) is 0.521. The Morgan fingerprint density at radius 1 is 1.23 bits per heavy atom. The van der Waals surface area contributed by atoms with Gasteiger partial charge in [0.05, 0.1) is 5.71 Å². The van der Waals surface area contributed by atoms with E-state index in [9.17, 15) is 4.21 Å². The van der Waals surface area contributed by atoms with E-state index in [-0.39, 0.29) is 5.41 Å². The Balaban J connectivity index is 1.75. The fourth-order valence-electron chi connectivity index (χ4n) is 3.82. The molecule has 2 heterocycles. The summed E-state index contributed by atoms with van der Waals surface area (Å²) in [6, 6.07) is 4.17. The standard InChI is InChI=1S/C25H30N2O2S/c1-19(8-5-9-20(2)16-22-18-30(28)29-27-22)12-13-24-23(11-6-14-25(24,3)4)21-10-7-15-26-17-21/h5,7-10,12-13,15-17H,6,11,14,18H2,1-4H3/b9-5+,13-12+,19-8+,20-16+/t30-/m1/s1. The summed E-state index contributed by atoms with van der Waals surface area (Å²) in [5.74, 6) is 0.354. The third-order valence-electron chi connectivity index (χ3n) is 5.42. The molecule has 0 fully saturated rings. The highest BCUT2D eigenvalue weighted by Gasteiger charge is 2.28. The van der Waals surface area contributed by atoms with Crippen LogP contribution in [-0.2, 0) is 15.4 Å². The first-order chi connectivity index (χ1) is 14.3. The van der Waals surface area contributed by atoms with E-state index in [4.69, 9.17) is 4.28 Å². The van der Waals surface area contributed by atoms with Gasteiger partial charge in [-0.3, -0.25) is 9.27 Å². The molecule has 1 aromatic heterocycles. The van der Waals surface area contributed by atoms with Gasteiger partial charge in [-0.2, -0.15) is 0 Å². The third-order valence-corrected chi connectivity index (χ3v) is 6.19. The van der Waals surface area contributed by atoms with E-state index in [0.29, 0.717) is 11.5 Å². The molecule has 0 bridgehead atoms. The molecule has 0 saturated heterocycles. The van der Waals surface area contributed by atoms with Crippen LogP contribution in [-0.4, -0.2) is 20.7 Å². The van der Waals surface area contributed by atoms with Gasteiger partial charge in [0.15, 0.2) is 0 Å². The molecule has 0 spiro atoms. The van der Waals surface area contributed by atoms with Gasteiger partial charge in [-0.05, 0) is 73.0 Å². The van der Waals surface area contributed by atoms with Crippen molar-refractivity contribution in [2.24, 2.45) is 10.6 Å². The van der Waals surface area contributed by atoms with Gasteiger partial charge in [0.2, 0.25) is 11.1 Å². The number of oxime groups is 1. The van der Waals surface area contributed by atoms with Crippen molar-refractivity contribution in [3.05, 3.63) is 83.3 Å². The predicted octanol–water partition coefficient (Wildman–Crippen LogP) is 6.10. The van der Waals surface area contributed by atoms with E-state index >= 15 is 0 Å². The highest BCUT2D eigenvalue weighted by atomic mass is 32.2. The summed E-state index contributed by atoms with van der Waals surface area (Å²) in [4.78, 5) is 4.32. The molecule has 1 atom stereocenters. The molecule has 0 radical (unpaired) electrons. The molecule has 0 saturated carbocycles. The van der Waals surface area contributed by atoms with Crippen LogP contribution >= 0.6 is 0 Å². The van der Waals surface area contributed by atoms with Crippen LogP contribution in [0.25, 0.3) is 5.57 Å². The van der Waals surface area contributed by atoms with Gasteiger partial charge in [0, 0.05) is 12.4 Å². The molecular weight excluding hydrogens is 392 g/mol. The number of aromatic nitrogens is 1. The molecule has 158 valence electrons. The summed E-state index contributed by atoms with van der Waals surface area (Å²) in [5.41, 5.74) is 7.13. The Morgan fingerprint density at radius 3 is 2.77 bits per heavy atom. The lowest BCUT2D eigenvalue weighted by Crippen LogP contribution is -2.19. The zero-order chi connectivity index (χ0) is 21.6. The summed E-state index contributed by atoms with van der Waals surface area (Å²) in [5, 5.41) is 3.80. The first-order valence-electron chi connectivity index (χ1n) is 10.3. The minimum atomic E-state index is -1.31. The van der Waals surface area contributed by atoms with Gasteiger partial charge in [-0.1, -0.05) is 61.0 Å². The Labute approximate surface area is 182 Å². The minimum Gasteiger partial charge on any atom is -0.292 e. The second kappa shape index (κ2) is 9.98. The smallest absolute Gasteiger partial charge is 0.238 e.